The summed E-state index contributed by atoms with van der Waals surface area (Å²) in [5.74, 6) is -0.790. The maximum absolute atomic E-state index is 13.7. The average Bonchev–Trinajstić information content (AvgIpc) is 3.12. The van der Waals surface area contributed by atoms with Crippen molar-refractivity contribution in [2.75, 3.05) is 23.3 Å². The molecule has 0 saturated carbocycles. The van der Waals surface area contributed by atoms with Crippen molar-refractivity contribution in [3.05, 3.63) is 35.9 Å². The lowest BCUT2D eigenvalue weighted by Gasteiger charge is -2.18. The number of hydrogen-bond acceptors (Lipinski definition) is 4. The molecular weight excluding hydrogens is 261 g/mol. The lowest BCUT2D eigenvalue weighted by molar-refractivity contribution is 0.102. The van der Waals surface area contributed by atoms with E-state index in [2.05, 4.69) is 25.6 Å². The number of anilines is 2. The minimum Gasteiger partial charge on any atom is -0.371 e. The summed E-state index contributed by atoms with van der Waals surface area (Å²) >= 11 is 0. The van der Waals surface area contributed by atoms with Gasteiger partial charge in [-0.15, -0.1) is 0 Å². The van der Waals surface area contributed by atoms with Crippen molar-refractivity contribution in [1.82, 2.24) is 15.4 Å². The molecular formula is C13H14FN5O. The van der Waals surface area contributed by atoms with Crippen LogP contribution in [-0.2, 0) is 0 Å². The van der Waals surface area contributed by atoms with E-state index in [0.29, 0.717) is 5.69 Å². The van der Waals surface area contributed by atoms with Crippen molar-refractivity contribution in [2.24, 2.45) is 0 Å². The number of benzene rings is 1. The van der Waals surface area contributed by atoms with E-state index in [-0.39, 0.29) is 11.5 Å². The Bertz CT molecular complexity index is 607. The normalized spacial score (nSPS) is 14.6. The Balaban J connectivity index is 1.80. The number of carbonyl (C=O) groups excluding carboxylic acids is 1. The maximum Gasteiger partial charge on any atom is 0.277 e. The summed E-state index contributed by atoms with van der Waals surface area (Å²) in [7, 11) is 0. The minimum atomic E-state index is -0.420. The molecule has 1 aliphatic rings. The summed E-state index contributed by atoms with van der Waals surface area (Å²) in [4.78, 5) is 14.0. The number of H-pyrrole nitrogens is 1. The highest BCUT2D eigenvalue weighted by Gasteiger charge is 2.15. The fourth-order valence-corrected chi connectivity index (χ4v) is 2.31. The molecule has 2 N–H and O–H groups in total. The molecule has 0 radical (unpaired) electrons. The van der Waals surface area contributed by atoms with Gasteiger partial charge in [-0.3, -0.25) is 4.79 Å². The Kier molecular flexibility index (Phi) is 3.32. The molecule has 1 aromatic heterocycles. The molecule has 1 aliphatic heterocycles. The molecule has 0 unspecified atom stereocenters. The van der Waals surface area contributed by atoms with E-state index < -0.39 is 5.91 Å². The Morgan fingerprint density at radius 2 is 2.10 bits per heavy atom. The van der Waals surface area contributed by atoms with Crippen LogP contribution in [0, 0.1) is 5.82 Å². The van der Waals surface area contributed by atoms with E-state index in [9.17, 15) is 9.18 Å². The Labute approximate surface area is 115 Å². The minimum absolute atomic E-state index is 0.164. The molecule has 0 bridgehead atoms. The second kappa shape index (κ2) is 5.28. The van der Waals surface area contributed by atoms with Crippen molar-refractivity contribution in [1.29, 1.82) is 0 Å². The second-order valence-corrected chi connectivity index (χ2v) is 4.70. The van der Waals surface area contributed by atoms with E-state index in [1.807, 2.05) is 0 Å². The number of rotatable bonds is 3. The molecule has 6 nitrogen and oxygen atoms in total. The van der Waals surface area contributed by atoms with Crippen LogP contribution in [0.15, 0.2) is 24.4 Å². The molecule has 104 valence electrons. The van der Waals surface area contributed by atoms with Crippen LogP contribution >= 0.6 is 0 Å². The molecule has 1 aromatic carbocycles. The number of amides is 1. The number of aromatic nitrogens is 3. The maximum atomic E-state index is 13.7. The quantitative estimate of drug-likeness (QED) is 0.895. The number of nitrogens with zero attached hydrogens (tertiary/aromatic N) is 3. The van der Waals surface area contributed by atoms with Gasteiger partial charge < -0.3 is 10.2 Å². The van der Waals surface area contributed by atoms with Crippen LogP contribution in [0.1, 0.15) is 23.3 Å². The third kappa shape index (κ3) is 2.61. The lowest BCUT2D eigenvalue weighted by Crippen LogP contribution is -2.18. The van der Waals surface area contributed by atoms with Gasteiger partial charge >= 0.3 is 0 Å². The van der Waals surface area contributed by atoms with Crippen LogP contribution in [0.5, 0.6) is 0 Å². The van der Waals surface area contributed by atoms with Crippen molar-refractivity contribution in [2.45, 2.75) is 12.8 Å². The highest BCUT2D eigenvalue weighted by Crippen LogP contribution is 2.25. The summed E-state index contributed by atoms with van der Waals surface area (Å²) in [6, 6.07) is 4.54. The predicted molar refractivity (Wildman–Crippen MR) is 72.2 cm³/mol. The molecule has 1 saturated heterocycles. The van der Waals surface area contributed by atoms with Crippen molar-refractivity contribution >= 4 is 17.3 Å². The third-order valence-electron chi connectivity index (χ3n) is 3.26. The van der Waals surface area contributed by atoms with Gasteiger partial charge in [-0.1, -0.05) is 0 Å². The second-order valence-electron chi connectivity index (χ2n) is 4.70. The lowest BCUT2D eigenvalue weighted by atomic mass is 10.2. The van der Waals surface area contributed by atoms with Crippen LogP contribution in [0.2, 0.25) is 0 Å². The highest BCUT2D eigenvalue weighted by atomic mass is 19.1. The first-order valence-corrected chi connectivity index (χ1v) is 6.45. The van der Waals surface area contributed by atoms with Gasteiger partial charge in [0, 0.05) is 24.5 Å². The topological polar surface area (TPSA) is 73.9 Å². The SMILES string of the molecule is O=C(Nc1cc(F)cc(N2CCCC2)c1)c1cn[nH]n1. The fourth-order valence-electron chi connectivity index (χ4n) is 2.31. The van der Waals surface area contributed by atoms with Crippen LogP contribution in [0.25, 0.3) is 0 Å². The van der Waals surface area contributed by atoms with Crippen LogP contribution in [0.3, 0.4) is 0 Å². The van der Waals surface area contributed by atoms with Gasteiger partial charge in [0.2, 0.25) is 0 Å². The van der Waals surface area contributed by atoms with Crippen LogP contribution in [-0.4, -0.2) is 34.4 Å². The zero-order valence-electron chi connectivity index (χ0n) is 10.8. The van der Waals surface area contributed by atoms with Gasteiger partial charge in [0.25, 0.3) is 5.91 Å². The van der Waals surface area contributed by atoms with Crippen LogP contribution in [0.4, 0.5) is 15.8 Å². The summed E-state index contributed by atoms with van der Waals surface area (Å²) in [5, 5.41) is 12.2. The van der Waals surface area contributed by atoms with E-state index in [0.717, 1.165) is 31.6 Å². The first-order valence-electron chi connectivity index (χ1n) is 6.45. The third-order valence-corrected chi connectivity index (χ3v) is 3.26. The smallest absolute Gasteiger partial charge is 0.277 e. The fraction of sp³-hybridized carbons (Fsp3) is 0.308. The van der Waals surface area contributed by atoms with Gasteiger partial charge in [-0.25, -0.2) is 4.39 Å². The zero-order valence-corrected chi connectivity index (χ0v) is 10.8. The van der Waals surface area contributed by atoms with Gasteiger partial charge in [0.15, 0.2) is 5.69 Å². The monoisotopic (exact) mass is 275 g/mol. The molecule has 7 heteroatoms. The molecule has 0 atom stereocenters. The summed E-state index contributed by atoms with van der Waals surface area (Å²) in [6.45, 7) is 1.83. The number of aromatic amines is 1. The van der Waals surface area contributed by atoms with Gasteiger partial charge in [-0.2, -0.15) is 15.4 Å². The predicted octanol–water partition coefficient (Wildman–Crippen LogP) is 1.80. The number of nitrogens with one attached hydrogen (secondary N) is 2. The Hall–Kier alpha value is -2.44. The summed E-state index contributed by atoms with van der Waals surface area (Å²) in [6.07, 6.45) is 3.53. The largest absolute Gasteiger partial charge is 0.371 e. The molecule has 0 spiro atoms. The first kappa shape index (κ1) is 12.6. The average molecular weight is 275 g/mol. The molecule has 2 aromatic rings. The molecule has 2 heterocycles. The molecule has 3 rings (SSSR count). The van der Waals surface area contributed by atoms with Crippen molar-refractivity contribution in [3.8, 4) is 0 Å². The summed E-state index contributed by atoms with van der Waals surface area (Å²) in [5.41, 5.74) is 1.37. The Morgan fingerprint density at radius 3 is 2.80 bits per heavy atom. The van der Waals surface area contributed by atoms with Gasteiger partial charge in [0.1, 0.15) is 5.82 Å². The van der Waals surface area contributed by atoms with Gasteiger partial charge in [0.05, 0.1) is 6.20 Å². The van der Waals surface area contributed by atoms with Gasteiger partial charge in [-0.05, 0) is 31.0 Å². The zero-order chi connectivity index (χ0) is 13.9. The van der Waals surface area contributed by atoms with E-state index >= 15 is 0 Å². The number of halogens is 1. The molecule has 1 amide bonds. The van der Waals surface area contributed by atoms with E-state index in [4.69, 9.17) is 0 Å². The number of hydrogen-bond donors (Lipinski definition) is 2. The Morgan fingerprint density at radius 1 is 1.30 bits per heavy atom. The molecule has 0 aliphatic carbocycles. The van der Waals surface area contributed by atoms with Crippen molar-refractivity contribution < 1.29 is 9.18 Å². The van der Waals surface area contributed by atoms with Crippen molar-refractivity contribution in [3.63, 3.8) is 0 Å². The van der Waals surface area contributed by atoms with Crippen LogP contribution < -0.4 is 10.2 Å². The first-order chi connectivity index (χ1) is 9.72. The standard InChI is InChI=1S/C13H14FN5O/c14-9-5-10(16-13(20)12-8-15-18-17-12)7-11(6-9)19-3-1-2-4-19/h5-8H,1-4H2,(H,16,20)(H,15,17,18). The molecule has 20 heavy (non-hydrogen) atoms. The summed E-state index contributed by atoms with van der Waals surface area (Å²) < 4.78 is 13.7. The van der Waals surface area contributed by atoms with E-state index in [1.165, 1.54) is 18.3 Å². The number of carbonyl (C=O) groups is 1. The van der Waals surface area contributed by atoms with E-state index in [1.54, 1.807) is 6.07 Å². The molecule has 1 fully saturated rings. The highest BCUT2D eigenvalue weighted by molar-refractivity contribution is 6.02.